The fourth-order valence-electron chi connectivity index (χ4n) is 1.66. The number of hydrogen-bond acceptors (Lipinski definition) is 1. The highest BCUT2D eigenvalue weighted by Gasteiger charge is 2.11. The molecule has 1 aliphatic carbocycles. The van der Waals surface area contributed by atoms with Crippen LogP contribution < -0.4 is 0 Å². The zero-order valence-corrected chi connectivity index (χ0v) is 8.22. The van der Waals surface area contributed by atoms with Gasteiger partial charge in [-0.05, 0) is 44.1 Å². The van der Waals surface area contributed by atoms with Gasteiger partial charge in [-0.15, -0.1) is 6.58 Å². The SMILES string of the molecule is C=CCCCCC(=O)C1=CCCC1. The van der Waals surface area contributed by atoms with Crippen LogP contribution in [0.4, 0.5) is 0 Å². The highest BCUT2D eigenvalue weighted by molar-refractivity contribution is 5.95. The number of Topliss-reactive ketones (excluding diaryl/α,β-unsaturated/α-hetero) is 1. The summed E-state index contributed by atoms with van der Waals surface area (Å²) in [4.78, 5) is 11.5. The number of carbonyl (C=O) groups is 1. The van der Waals surface area contributed by atoms with E-state index in [1.54, 1.807) is 0 Å². The molecule has 0 saturated carbocycles. The summed E-state index contributed by atoms with van der Waals surface area (Å²) in [5, 5.41) is 0. The highest BCUT2D eigenvalue weighted by Crippen LogP contribution is 2.20. The Labute approximate surface area is 80.5 Å². The van der Waals surface area contributed by atoms with Crippen molar-refractivity contribution in [1.29, 1.82) is 0 Å². The molecule has 1 heteroatoms. The lowest BCUT2D eigenvalue weighted by atomic mass is 10.0. The Bertz CT molecular complexity index is 213. The second-order valence-corrected chi connectivity index (χ2v) is 3.58. The van der Waals surface area contributed by atoms with Gasteiger partial charge in [0, 0.05) is 6.42 Å². The predicted molar refractivity (Wildman–Crippen MR) is 55.6 cm³/mol. The minimum atomic E-state index is 0.376. The lowest BCUT2D eigenvalue weighted by Crippen LogP contribution is -1.99. The maximum Gasteiger partial charge on any atom is 0.158 e. The third-order valence-corrected chi connectivity index (χ3v) is 2.46. The number of hydrogen-bond donors (Lipinski definition) is 0. The van der Waals surface area contributed by atoms with E-state index in [-0.39, 0.29) is 0 Å². The van der Waals surface area contributed by atoms with Crippen LogP contribution in [-0.2, 0) is 4.79 Å². The summed E-state index contributed by atoms with van der Waals surface area (Å²) in [6.45, 7) is 3.66. The first-order chi connectivity index (χ1) is 6.34. The van der Waals surface area contributed by atoms with E-state index in [9.17, 15) is 4.79 Å². The van der Waals surface area contributed by atoms with Crippen LogP contribution in [0.15, 0.2) is 24.3 Å². The molecular weight excluding hydrogens is 160 g/mol. The Morgan fingerprint density at radius 1 is 1.54 bits per heavy atom. The Balaban J connectivity index is 2.13. The molecular formula is C12H18O. The van der Waals surface area contributed by atoms with Crippen molar-refractivity contribution in [2.75, 3.05) is 0 Å². The fraction of sp³-hybridized carbons (Fsp3) is 0.583. The van der Waals surface area contributed by atoms with E-state index in [0.29, 0.717) is 5.78 Å². The standard InChI is InChI=1S/C12H18O/c1-2-3-4-5-10-12(13)11-8-6-7-9-11/h2,8H,1,3-7,9-10H2. The van der Waals surface area contributed by atoms with Crippen LogP contribution in [0, 0.1) is 0 Å². The summed E-state index contributed by atoms with van der Waals surface area (Å²) in [5.74, 6) is 0.376. The van der Waals surface area contributed by atoms with Gasteiger partial charge in [-0.3, -0.25) is 4.79 Å². The van der Waals surface area contributed by atoms with Crippen molar-refractivity contribution in [1.82, 2.24) is 0 Å². The number of carbonyl (C=O) groups excluding carboxylic acids is 1. The van der Waals surface area contributed by atoms with Crippen molar-refractivity contribution in [3.63, 3.8) is 0 Å². The number of unbranched alkanes of at least 4 members (excludes halogenated alkanes) is 2. The number of ketones is 1. The summed E-state index contributed by atoms with van der Waals surface area (Å²) in [5.41, 5.74) is 1.08. The molecule has 0 radical (unpaired) electrons. The summed E-state index contributed by atoms with van der Waals surface area (Å²) in [6.07, 6.45) is 11.2. The lowest BCUT2D eigenvalue weighted by Gasteiger charge is -1.99. The van der Waals surface area contributed by atoms with Gasteiger partial charge in [0.25, 0.3) is 0 Å². The van der Waals surface area contributed by atoms with Gasteiger partial charge in [-0.2, -0.15) is 0 Å². The van der Waals surface area contributed by atoms with Crippen LogP contribution in [0.2, 0.25) is 0 Å². The maximum atomic E-state index is 11.5. The van der Waals surface area contributed by atoms with Crippen molar-refractivity contribution in [2.24, 2.45) is 0 Å². The monoisotopic (exact) mass is 178 g/mol. The van der Waals surface area contributed by atoms with Gasteiger partial charge in [0.15, 0.2) is 5.78 Å². The zero-order valence-electron chi connectivity index (χ0n) is 8.22. The number of allylic oxidation sites excluding steroid dienone is 3. The van der Waals surface area contributed by atoms with Crippen molar-refractivity contribution in [3.05, 3.63) is 24.3 Å². The maximum absolute atomic E-state index is 11.5. The van der Waals surface area contributed by atoms with Gasteiger partial charge in [0.1, 0.15) is 0 Å². The molecule has 0 fully saturated rings. The second kappa shape index (κ2) is 5.74. The summed E-state index contributed by atoms with van der Waals surface area (Å²) in [6, 6.07) is 0. The molecule has 0 bridgehead atoms. The molecule has 0 aromatic carbocycles. The Morgan fingerprint density at radius 3 is 3.00 bits per heavy atom. The normalized spacial score (nSPS) is 15.5. The average Bonchev–Trinajstić information content (AvgIpc) is 2.65. The number of rotatable bonds is 6. The molecule has 0 N–H and O–H groups in total. The minimum Gasteiger partial charge on any atom is -0.295 e. The molecule has 0 aromatic heterocycles. The van der Waals surface area contributed by atoms with E-state index in [4.69, 9.17) is 0 Å². The van der Waals surface area contributed by atoms with E-state index in [1.165, 1.54) is 6.42 Å². The van der Waals surface area contributed by atoms with Gasteiger partial charge in [-0.25, -0.2) is 0 Å². The van der Waals surface area contributed by atoms with Crippen molar-refractivity contribution < 1.29 is 4.79 Å². The Hall–Kier alpha value is -0.850. The van der Waals surface area contributed by atoms with Gasteiger partial charge in [0.05, 0.1) is 0 Å². The molecule has 1 rings (SSSR count). The molecule has 72 valence electrons. The van der Waals surface area contributed by atoms with E-state index in [1.807, 2.05) is 6.08 Å². The first-order valence-corrected chi connectivity index (χ1v) is 5.17. The summed E-state index contributed by atoms with van der Waals surface area (Å²) >= 11 is 0. The third kappa shape index (κ3) is 3.58. The van der Waals surface area contributed by atoms with Gasteiger partial charge < -0.3 is 0 Å². The van der Waals surface area contributed by atoms with E-state index in [0.717, 1.165) is 44.1 Å². The molecule has 0 aliphatic heterocycles. The Morgan fingerprint density at radius 2 is 2.38 bits per heavy atom. The zero-order chi connectivity index (χ0) is 9.52. The molecule has 0 amide bonds. The molecule has 0 atom stereocenters. The second-order valence-electron chi connectivity index (χ2n) is 3.58. The van der Waals surface area contributed by atoms with Crippen LogP contribution in [0.1, 0.15) is 44.9 Å². The third-order valence-electron chi connectivity index (χ3n) is 2.46. The molecule has 0 unspecified atom stereocenters. The van der Waals surface area contributed by atoms with Crippen LogP contribution in [-0.4, -0.2) is 5.78 Å². The molecule has 0 heterocycles. The van der Waals surface area contributed by atoms with Gasteiger partial charge in [-0.1, -0.05) is 12.2 Å². The topological polar surface area (TPSA) is 17.1 Å². The predicted octanol–water partition coefficient (Wildman–Crippen LogP) is 3.41. The first kappa shape index (κ1) is 10.2. The van der Waals surface area contributed by atoms with Crippen molar-refractivity contribution >= 4 is 5.78 Å². The highest BCUT2D eigenvalue weighted by atomic mass is 16.1. The van der Waals surface area contributed by atoms with E-state index < -0.39 is 0 Å². The molecule has 13 heavy (non-hydrogen) atoms. The average molecular weight is 178 g/mol. The van der Waals surface area contributed by atoms with Gasteiger partial charge in [0.2, 0.25) is 0 Å². The van der Waals surface area contributed by atoms with Crippen LogP contribution >= 0.6 is 0 Å². The van der Waals surface area contributed by atoms with Gasteiger partial charge >= 0.3 is 0 Å². The molecule has 0 saturated heterocycles. The van der Waals surface area contributed by atoms with Crippen LogP contribution in [0.25, 0.3) is 0 Å². The van der Waals surface area contributed by atoms with E-state index in [2.05, 4.69) is 12.7 Å². The molecule has 0 aromatic rings. The molecule has 1 nitrogen and oxygen atoms in total. The van der Waals surface area contributed by atoms with Crippen molar-refractivity contribution in [3.8, 4) is 0 Å². The summed E-state index contributed by atoms with van der Waals surface area (Å²) in [7, 11) is 0. The smallest absolute Gasteiger partial charge is 0.158 e. The fourth-order valence-corrected chi connectivity index (χ4v) is 1.66. The Kier molecular flexibility index (Phi) is 4.52. The van der Waals surface area contributed by atoms with Crippen LogP contribution in [0.3, 0.4) is 0 Å². The lowest BCUT2D eigenvalue weighted by molar-refractivity contribution is -0.115. The minimum absolute atomic E-state index is 0.376. The quantitative estimate of drug-likeness (QED) is 0.450. The largest absolute Gasteiger partial charge is 0.295 e. The first-order valence-electron chi connectivity index (χ1n) is 5.17. The summed E-state index contributed by atoms with van der Waals surface area (Å²) < 4.78 is 0. The molecule has 0 spiro atoms. The van der Waals surface area contributed by atoms with Crippen molar-refractivity contribution in [2.45, 2.75) is 44.9 Å². The van der Waals surface area contributed by atoms with E-state index >= 15 is 0 Å². The molecule has 1 aliphatic rings. The van der Waals surface area contributed by atoms with Crippen LogP contribution in [0.5, 0.6) is 0 Å².